The number of nitrogens with zero attached hydrogens (tertiary/aromatic N) is 3. The number of aromatic nitrogens is 2. The normalized spacial score (nSPS) is 15.1. The van der Waals surface area contributed by atoms with Crippen molar-refractivity contribution >= 4 is 62.9 Å². The minimum atomic E-state index is -0.354. The molecule has 1 fully saturated rings. The highest BCUT2D eigenvalue weighted by molar-refractivity contribution is 8.26. The number of methoxy groups -OCH3 is 1. The average Bonchev–Trinajstić information content (AvgIpc) is 3.01. The van der Waals surface area contributed by atoms with Gasteiger partial charge in [-0.15, -0.1) is 0 Å². The van der Waals surface area contributed by atoms with E-state index in [1.54, 1.807) is 43.8 Å². The zero-order valence-corrected chi connectivity index (χ0v) is 17.5. The highest BCUT2D eigenvalue weighted by atomic mass is 32.2. The Balaban J connectivity index is 1.47. The van der Waals surface area contributed by atoms with Gasteiger partial charge in [0.1, 0.15) is 16.6 Å². The van der Waals surface area contributed by atoms with Crippen LogP contribution in [0, 0.1) is 0 Å². The van der Waals surface area contributed by atoms with Crippen LogP contribution in [0.4, 0.5) is 5.69 Å². The molecule has 0 aliphatic carbocycles. The molecule has 1 N–H and O–H groups in total. The van der Waals surface area contributed by atoms with Gasteiger partial charge in [0.15, 0.2) is 0 Å². The van der Waals surface area contributed by atoms with Crippen LogP contribution >= 0.6 is 24.0 Å². The second kappa shape index (κ2) is 8.60. The summed E-state index contributed by atoms with van der Waals surface area (Å²) in [6.45, 7) is -0.174. The molecule has 0 bridgehead atoms. The number of ether oxygens (including phenoxy) is 1. The number of thioether (sulfide) groups is 1. The van der Waals surface area contributed by atoms with Crippen LogP contribution in [0.25, 0.3) is 17.1 Å². The lowest BCUT2D eigenvalue weighted by Crippen LogP contribution is -2.36. The number of carbonyl (C=O) groups excluding carboxylic acids is 2. The number of hydrogen-bond acceptors (Lipinski definition) is 7. The van der Waals surface area contributed by atoms with E-state index in [0.717, 1.165) is 22.8 Å². The molecule has 2 aromatic carbocycles. The molecule has 3 aromatic rings. The molecule has 0 atom stereocenters. The summed E-state index contributed by atoms with van der Waals surface area (Å²) < 4.78 is 5.65. The predicted octanol–water partition coefficient (Wildman–Crippen LogP) is 3.48. The first-order valence-electron chi connectivity index (χ1n) is 8.94. The molecule has 2 amide bonds. The molecule has 0 unspecified atom stereocenters. The number of benzene rings is 2. The lowest BCUT2D eigenvalue weighted by atomic mass is 10.2. The Labute approximate surface area is 182 Å². The number of amides is 2. The van der Waals surface area contributed by atoms with Crippen LogP contribution in [0.5, 0.6) is 5.75 Å². The Hall–Kier alpha value is -3.30. The summed E-state index contributed by atoms with van der Waals surface area (Å²) >= 11 is 6.48. The first-order valence-corrected chi connectivity index (χ1v) is 10.2. The van der Waals surface area contributed by atoms with Crippen LogP contribution in [-0.4, -0.2) is 44.7 Å². The van der Waals surface area contributed by atoms with Crippen molar-refractivity contribution in [1.82, 2.24) is 14.9 Å². The van der Waals surface area contributed by atoms with E-state index in [-0.39, 0.29) is 18.4 Å². The highest BCUT2D eigenvalue weighted by Gasteiger charge is 2.33. The number of fused-ring (bicyclic) bond motifs is 1. The summed E-state index contributed by atoms with van der Waals surface area (Å²) in [4.78, 5) is 35.5. The fourth-order valence-electron chi connectivity index (χ4n) is 2.95. The molecule has 1 aromatic heterocycles. The van der Waals surface area contributed by atoms with Gasteiger partial charge >= 0.3 is 0 Å². The average molecular weight is 437 g/mol. The van der Waals surface area contributed by atoms with Crippen molar-refractivity contribution in [2.24, 2.45) is 0 Å². The standard InChI is InChI=1S/C21H16N4O3S2/c1-28-17-5-3-2-4-13(17)10-18-20(27)25(21(29)30-18)12-19(26)24-14-6-7-15-16(11-14)23-9-8-22-15/h2-11H,12H2,1H3,(H,24,26)/b18-10-. The van der Waals surface area contributed by atoms with Crippen LogP contribution in [0.15, 0.2) is 59.8 Å². The van der Waals surface area contributed by atoms with E-state index in [2.05, 4.69) is 15.3 Å². The molecule has 150 valence electrons. The Bertz CT molecular complexity index is 1200. The van der Waals surface area contributed by atoms with E-state index in [9.17, 15) is 9.59 Å². The topological polar surface area (TPSA) is 84.4 Å². The SMILES string of the molecule is COc1ccccc1/C=C1\SC(=S)N(CC(=O)Nc2ccc3nccnc3c2)C1=O. The van der Waals surface area contributed by atoms with Gasteiger partial charge in [0.25, 0.3) is 5.91 Å². The molecule has 7 nitrogen and oxygen atoms in total. The Morgan fingerprint density at radius 3 is 2.77 bits per heavy atom. The van der Waals surface area contributed by atoms with Crippen molar-refractivity contribution in [3.8, 4) is 5.75 Å². The van der Waals surface area contributed by atoms with Crippen molar-refractivity contribution in [2.75, 3.05) is 19.0 Å². The smallest absolute Gasteiger partial charge is 0.266 e. The summed E-state index contributed by atoms with van der Waals surface area (Å²) in [6, 6.07) is 12.6. The Morgan fingerprint density at radius 2 is 1.97 bits per heavy atom. The van der Waals surface area contributed by atoms with Crippen molar-refractivity contribution in [1.29, 1.82) is 0 Å². The zero-order valence-electron chi connectivity index (χ0n) is 15.9. The van der Waals surface area contributed by atoms with Gasteiger partial charge in [-0.05, 0) is 30.3 Å². The lowest BCUT2D eigenvalue weighted by Gasteiger charge is -2.14. The molecule has 9 heteroatoms. The fourth-order valence-corrected chi connectivity index (χ4v) is 4.19. The Kier molecular flexibility index (Phi) is 5.73. The number of hydrogen-bond donors (Lipinski definition) is 1. The molecule has 0 spiro atoms. The summed E-state index contributed by atoms with van der Waals surface area (Å²) in [5.74, 6) is -0.0107. The minimum Gasteiger partial charge on any atom is -0.496 e. The molecule has 30 heavy (non-hydrogen) atoms. The van der Waals surface area contributed by atoms with Gasteiger partial charge < -0.3 is 10.1 Å². The zero-order chi connectivity index (χ0) is 21.1. The predicted molar refractivity (Wildman–Crippen MR) is 121 cm³/mol. The largest absolute Gasteiger partial charge is 0.496 e. The molecule has 4 rings (SSSR count). The number of rotatable bonds is 5. The summed E-state index contributed by atoms with van der Waals surface area (Å²) in [7, 11) is 1.57. The first kappa shape index (κ1) is 20.0. The van der Waals surface area contributed by atoms with Gasteiger partial charge in [-0.1, -0.05) is 42.2 Å². The second-order valence-electron chi connectivity index (χ2n) is 6.32. The van der Waals surface area contributed by atoms with Crippen LogP contribution in [-0.2, 0) is 9.59 Å². The van der Waals surface area contributed by atoms with Gasteiger partial charge in [0.05, 0.1) is 23.0 Å². The number of para-hydroxylation sites is 1. The molecule has 0 saturated carbocycles. The molecular formula is C21H16N4O3S2. The molecular weight excluding hydrogens is 420 g/mol. The van der Waals surface area contributed by atoms with E-state index >= 15 is 0 Å². The second-order valence-corrected chi connectivity index (χ2v) is 7.99. The molecule has 1 saturated heterocycles. The molecule has 2 heterocycles. The minimum absolute atomic E-state index is 0.174. The number of anilines is 1. The van der Waals surface area contributed by atoms with Gasteiger partial charge in [0, 0.05) is 23.6 Å². The maximum absolute atomic E-state index is 12.8. The molecule has 1 aliphatic rings. The highest BCUT2D eigenvalue weighted by Crippen LogP contribution is 2.34. The van der Waals surface area contributed by atoms with E-state index in [4.69, 9.17) is 17.0 Å². The first-order chi connectivity index (χ1) is 14.5. The summed E-state index contributed by atoms with van der Waals surface area (Å²) in [5.41, 5.74) is 2.74. The van der Waals surface area contributed by atoms with Gasteiger partial charge in [-0.2, -0.15) is 0 Å². The lowest BCUT2D eigenvalue weighted by molar-refractivity contribution is -0.126. The fraction of sp³-hybridized carbons (Fsp3) is 0.0952. The van der Waals surface area contributed by atoms with E-state index < -0.39 is 0 Å². The van der Waals surface area contributed by atoms with Gasteiger partial charge in [0.2, 0.25) is 5.91 Å². The third-order valence-electron chi connectivity index (χ3n) is 4.35. The monoisotopic (exact) mass is 436 g/mol. The number of nitrogens with one attached hydrogen (secondary N) is 1. The maximum atomic E-state index is 12.8. The third kappa shape index (κ3) is 4.17. The van der Waals surface area contributed by atoms with E-state index in [1.807, 2.05) is 24.3 Å². The molecule has 0 radical (unpaired) electrons. The quantitative estimate of drug-likeness (QED) is 0.484. The summed E-state index contributed by atoms with van der Waals surface area (Å²) in [6.07, 6.45) is 4.91. The van der Waals surface area contributed by atoms with Crippen LogP contribution < -0.4 is 10.1 Å². The number of carbonyl (C=O) groups is 2. The van der Waals surface area contributed by atoms with Crippen molar-refractivity contribution in [2.45, 2.75) is 0 Å². The third-order valence-corrected chi connectivity index (χ3v) is 5.73. The van der Waals surface area contributed by atoms with Gasteiger partial charge in [-0.25, -0.2) is 0 Å². The Morgan fingerprint density at radius 1 is 1.20 bits per heavy atom. The van der Waals surface area contributed by atoms with Gasteiger partial charge in [-0.3, -0.25) is 24.5 Å². The van der Waals surface area contributed by atoms with Crippen molar-refractivity contribution < 1.29 is 14.3 Å². The van der Waals surface area contributed by atoms with Crippen LogP contribution in [0.2, 0.25) is 0 Å². The van der Waals surface area contributed by atoms with Crippen molar-refractivity contribution in [3.63, 3.8) is 0 Å². The number of thiocarbonyl (C=S) groups is 1. The van der Waals surface area contributed by atoms with Crippen molar-refractivity contribution in [3.05, 3.63) is 65.3 Å². The van der Waals surface area contributed by atoms with Crippen LogP contribution in [0.1, 0.15) is 5.56 Å². The van der Waals surface area contributed by atoms with Crippen LogP contribution in [0.3, 0.4) is 0 Å². The molecule has 1 aliphatic heterocycles. The van der Waals surface area contributed by atoms with E-state index in [0.29, 0.717) is 26.2 Å². The summed E-state index contributed by atoms with van der Waals surface area (Å²) in [5, 5.41) is 2.78. The van der Waals surface area contributed by atoms with E-state index in [1.165, 1.54) is 4.90 Å². The maximum Gasteiger partial charge on any atom is 0.266 e.